The summed E-state index contributed by atoms with van der Waals surface area (Å²) in [5, 5.41) is 0. The normalized spacial score (nSPS) is 22.6. The average Bonchev–Trinajstić information content (AvgIpc) is 2.73. The summed E-state index contributed by atoms with van der Waals surface area (Å²) in [6.45, 7) is 9.71. The molecule has 0 amide bonds. The Labute approximate surface area is 128 Å². The van der Waals surface area contributed by atoms with Crippen molar-refractivity contribution in [1.29, 1.82) is 0 Å². The van der Waals surface area contributed by atoms with E-state index in [1.807, 2.05) is 26.0 Å². The number of hydrogen-bond donors (Lipinski definition) is 0. The quantitative estimate of drug-likeness (QED) is 0.840. The maximum absolute atomic E-state index is 12.9. The largest absolute Gasteiger partial charge is 0.380 e. The number of nitrogens with zero attached hydrogens (tertiary/aromatic N) is 1. The van der Waals surface area contributed by atoms with Gasteiger partial charge in [-0.3, -0.25) is 0 Å². The summed E-state index contributed by atoms with van der Waals surface area (Å²) in [6, 6.07) is 6.98. The molecule has 2 rings (SSSR count). The molecule has 0 aliphatic carbocycles. The molecule has 1 saturated heterocycles. The second kappa shape index (κ2) is 6.07. The number of hydrogen-bond acceptors (Lipinski definition) is 3. The fourth-order valence-electron chi connectivity index (χ4n) is 2.88. The lowest BCUT2D eigenvalue weighted by Gasteiger charge is -2.24. The molecule has 1 aromatic carbocycles. The maximum atomic E-state index is 12.9. The number of benzene rings is 1. The Bertz CT molecular complexity index is 578. The second-order valence-corrected chi connectivity index (χ2v) is 8.44. The fourth-order valence-corrected chi connectivity index (χ4v) is 4.68. The van der Waals surface area contributed by atoms with Gasteiger partial charge in [0.25, 0.3) is 0 Å². The van der Waals surface area contributed by atoms with E-state index in [1.54, 1.807) is 16.4 Å². The van der Waals surface area contributed by atoms with Gasteiger partial charge < -0.3 is 4.74 Å². The molecule has 0 saturated carbocycles. The number of sulfonamides is 1. The molecular weight excluding hydrogens is 286 g/mol. The van der Waals surface area contributed by atoms with Crippen LogP contribution in [-0.4, -0.2) is 38.5 Å². The van der Waals surface area contributed by atoms with E-state index < -0.39 is 10.0 Å². The van der Waals surface area contributed by atoms with Gasteiger partial charge in [-0.05, 0) is 37.8 Å². The van der Waals surface area contributed by atoms with E-state index in [0.29, 0.717) is 24.7 Å². The highest BCUT2D eigenvalue weighted by atomic mass is 32.2. The summed E-state index contributed by atoms with van der Waals surface area (Å²) in [4.78, 5) is 0.368. The highest BCUT2D eigenvalue weighted by Crippen LogP contribution is 2.37. The first-order valence-electron chi connectivity index (χ1n) is 7.42. The number of ether oxygens (including phenoxy) is 1. The molecule has 1 aliphatic rings. The van der Waals surface area contributed by atoms with Crippen molar-refractivity contribution in [2.24, 2.45) is 5.41 Å². The molecule has 118 valence electrons. The van der Waals surface area contributed by atoms with E-state index in [9.17, 15) is 8.42 Å². The first-order valence-corrected chi connectivity index (χ1v) is 8.86. The van der Waals surface area contributed by atoms with Crippen LogP contribution in [0, 0.1) is 12.3 Å². The highest BCUT2D eigenvalue weighted by molar-refractivity contribution is 7.89. The van der Waals surface area contributed by atoms with Gasteiger partial charge in [-0.25, -0.2) is 8.42 Å². The molecule has 21 heavy (non-hydrogen) atoms. The van der Waals surface area contributed by atoms with Crippen molar-refractivity contribution in [3.63, 3.8) is 0 Å². The average molecular weight is 311 g/mol. The molecule has 0 N–H and O–H groups in total. The van der Waals surface area contributed by atoms with Gasteiger partial charge >= 0.3 is 0 Å². The SMILES string of the molecule is CCOCC1CC(C)(C)CN1S(=O)(=O)c1ccc(C)cc1. The van der Waals surface area contributed by atoms with Gasteiger partial charge in [-0.2, -0.15) is 4.31 Å². The van der Waals surface area contributed by atoms with E-state index in [2.05, 4.69) is 13.8 Å². The molecule has 0 spiro atoms. The first-order chi connectivity index (χ1) is 9.76. The highest BCUT2D eigenvalue weighted by Gasteiger charge is 2.43. The third kappa shape index (κ3) is 3.65. The Kier molecular flexibility index (Phi) is 4.76. The van der Waals surface area contributed by atoms with Crippen LogP contribution in [0.15, 0.2) is 29.2 Å². The van der Waals surface area contributed by atoms with Crippen molar-refractivity contribution in [3.8, 4) is 0 Å². The van der Waals surface area contributed by atoms with Crippen molar-refractivity contribution in [2.75, 3.05) is 19.8 Å². The summed E-state index contributed by atoms with van der Waals surface area (Å²) in [5.41, 5.74) is 1.04. The van der Waals surface area contributed by atoms with E-state index in [4.69, 9.17) is 4.74 Å². The van der Waals surface area contributed by atoms with Gasteiger partial charge in [-0.15, -0.1) is 0 Å². The van der Waals surface area contributed by atoms with Crippen LogP contribution in [0.5, 0.6) is 0 Å². The molecule has 1 aliphatic heterocycles. The van der Waals surface area contributed by atoms with E-state index in [0.717, 1.165) is 12.0 Å². The summed E-state index contributed by atoms with van der Waals surface area (Å²) in [6.07, 6.45) is 0.831. The molecule has 0 aromatic heterocycles. The Morgan fingerprint density at radius 1 is 1.29 bits per heavy atom. The minimum atomic E-state index is -3.45. The fraction of sp³-hybridized carbons (Fsp3) is 0.625. The van der Waals surface area contributed by atoms with Crippen LogP contribution in [0.3, 0.4) is 0 Å². The third-order valence-electron chi connectivity index (χ3n) is 3.92. The molecule has 1 unspecified atom stereocenters. The molecule has 5 heteroatoms. The molecule has 0 bridgehead atoms. The lowest BCUT2D eigenvalue weighted by Crippen LogP contribution is -2.38. The minimum absolute atomic E-state index is 0.0144. The number of rotatable bonds is 5. The monoisotopic (exact) mass is 311 g/mol. The first kappa shape index (κ1) is 16.5. The smallest absolute Gasteiger partial charge is 0.243 e. The van der Waals surface area contributed by atoms with E-state index >= 15 is 0 Å². The van der Waals surface area contributed by atoms with Crippen LogP contribution in [0.2, 0.25) is 0 Å². The van der Waals surface area contributed by atoms with Gasteiger partial charge in [-0.1, -0.05) is 31.5 Å². The molecule has 1 fully saturated rings. The lowest BCUT2D eigenvalue weighted by atomic mass is 9.91. The zero-order valence-electron chi connectivity index (χ0n) is 13.3. The second-order valence-electron chi connectivity index (χ2n) is 6.54. The molecule has 1 heterocycles. The predicted molar refractivity (Wildman–Crippen MR) is 83.7 cm³/mol. The van der Waals surface area contributed by atoms with Crippen LogP contribution in [0.1, 0.15) is 32.8 Å². The van der Waals surface area contributed by atoms with Gasteiger partial charge in [0.2, 0.25) is 10.0 Å². The van der Waals surface area contributed by atoms with Crippen molar-refractivity contribution in [1.82, 2.24) is 4.31 Å². The van der Waals surface area contributed by atoms with Gasteiger partial charge in [0.1, 0.15) is 0 Å². The molecular formula is C16H25NO3S. The van der Waals surface area contributed by atoms with Crippen molar-refractivity contribution < 1.29 is 13.2 Å². The molecule has 4 nitrogen and oxygen atoms in total. The zero-order valence-corrected chi connectivity index (χ0v) is 14.1. The maximum Gasteiger partial charge on any atom is 0.243 e. The third-order valence-corrected chi connectivity index (χ3v) is 5.83. The summed E-state index contributed by atoms with van der Waals surface area (Å²) in [7, 11) is -3.45. The van der Waals surface area contributed by atoms with E-state index in [1.165, 1.54) is 0 Å². The zero-order chi connectivity index (χ0) is 15.7. The molecule has 1 atom stereocenters. The van der Waals surface area contributed by atoms with Gasteiger partial charge in [0, 0.05) is 19.2 Å². The van der Waals surface area contributed by atoms with Crippen molar-refractivity contribution in [3.05, 3.63) is 29.8 Å². The minimum Gasteiger partial charge on any atom is -0.380 e. The predicted octanol–water partition coefficient (Wildman–Crippen LogP) is 2.82. The van der Waals surface area contributed by atoms with Crippen LogP contribution in [0.25, 0.3) is 0 Å². The Hall–Kier alpha value is -0.910. The summed E-state index contributed by atoms with van der Waals surface area (Å²) < 4.78 is 32.9. The molecule has 0 radical (unpaired) electrons. The Morgan fingerprint density at radius 3 is 2.48 bits per heavy atom. The summed E-state index contributed by atoms with van der Waals surface area (Å²) in [5.74, 6) is 0. The topological polar surface area (TPSA) is 46.6 Å². The van der Waals surface area contributed by atoms with Crippen molar-refractivity contribution in [2.45, 2.75) is 45.1 Å². The van der Waals surface area contributed by atoms with E-state index in [-0.39, 0.29) is 11.5 Å². The lowest BCUT2D eigenvalue weighted by molar-refractivity contribution is 0.109. The standard InChI is InChI=1S/C16H25NO3S/c1-5-20-11-14-10-16(3,4)12-17(14)21(18,19)15-8-6-13(2)7-9-15/h6-9,14H,5,10-12H2,1-4H3. The van der Waals surface area contributed by atoms with Gasteiger partial charge in [0.05, 0.1) is 11.5 Å². The van der Waals surface area contributed by atoms with Gasteiger partial charge in [0.15, 0.2) is 0 Å². The van der Waals surface area contributed by atoms with Crippen LogP contribution < -0.4 is 0 Å². The Balaban J connectivity index is 2.30. The van der Waals surface area contributed by atoms with Crippen LogP contribution in [-0.2, 0) is 14.8 Å². The summed E-state index contributed by atoms with van der Waals surface area (Å²) >= 11 is 0. The molecule has 1 aromatic rings. The number of aryl methyl sites for hydroxylation is 1. The van der Waals surface area contributed by atoms with Crippen molar-refractivity contribution >= 4 is 10.0 Å². The van der Waals surface area contributed by atoms with Crippen LogP contribution >= 0.6 is 0 Å². The van der Waals surface area contributed by atoms with Crippen LogP contribution in [0.4, 0.5) is 0 Å². The Morgan fingerprint density at radius 2 is 1.90 bits per heavy atom.